The average molecular weight is 271 g/mol. The van der Waals surface area contributed by atoms with Crippen molar-refractivity contribution < 1.29 is 19.1 Å². The summed E-state index contributed by atoms with van der Waals surface area (Å²) in [5, 5.41) is 0. The van der Waals surface area contributed by atoms with Crippen LogP contribution in [0.15, 0.2) is 0 Å². The van der Waals surface area contributed by atoms with Crippen LogP contribution in [0.25, 0.3) is 0 Å². The number of carbonyl (C=O) groups excluding carboxylic acids is 2. The molecule has 0 radical (unpaired) electrons. The number of ether oxygens (including phenoxy) is 2. The Kier molecular flexibility index (Phi) is 4.48. The molecule has 0 unspecified atom stereocenters. The highest BCUT2D eigenvalue weighted by molar-refractivity contribution is 5.76. The number of hydrogen-bond donors (Lipinski definition) is 0. The van der Waals surface area contributed by atoms with Crippen LogP contribution in [-0.2, 0) is 14.3 Å². The Labute approximate surface area is 115 Å². The number of methoxy groups -OCH3 is 1. The summed E-state index contributed by atoms with van der Waals surface area (Å²) in [5.74, 6) is -0.129. The molecule has 0 aromatic rings. The van der Waals surface area contributed by atoms with Crippen LogP contribution in [0.2, 0.25) is 0 Å². The zero-order chi connectivity index (χ0) is 14.8. The van der Waals surface area contributed by atoms with Crippen LogP contribution < -0.4 is 0 Å². The maximum atomic E-state index is 12.0. The summed E-state index contributed by atoms with van der Waals surface area (Å²) in [6, 6.07) is 0. The van der Waals surface area contributed by atoms with E-state index in [1.165, 1.54) is 7.11 Å². The van der Waals surface area contributed by atoms with Gasteiger partial charge in [0.2, 0.25) is 0 Å². The van der Waals surface area contributed by atoms with E-state index in [0.29, 0.717) is 13.1 Å². The third kappa shape index (κ3) is 3.85. The molecule has 5 nitrogen and oxygen atoms in total. The van der Waals surface area contributed by atoms with Crippen molar-refractivity contribution in [2.24, 2.45) is 11.3 Å². The van der Waals surface area contributed by atoms with Crippen LogP contribution in [0.5, 0.6) is 0 Å². The van der Waals surface area contributed by atoms with Gasteiger partial charge in [-0.2, -0.15) is 0 Å². The van der Waals surface area contributed by atoms with Crippen molar-refractivity contribution >= 4 is 12.1 Å². The minimum absolute atomic E-state index is 0.104. The van der Waals surface area contributed by atoms with Gasteiger partial charge in [0, 0.05) is 13.1 Å². The maximum Gasteiger partial charge on any atom is 0.410 e. The van der Waals surface area contributed by atoms with E-state index >= 15 is 0 Å². The van der Waals surface area contributed by atoms with Gasteiger partial charge in [0.1, 0.15) is 5.60 Å². The van der Waals surface area contributed by atoms with Crippen LogP contribution in [-0.4, -0.2) is 42.8 Å². The van der Waals surface area contributed by atoms with E-state index in [4.69, 9.17) is 9.47 Å². The number of carbonyl (C=O) groups is 2. The maximum absolute atomic E-state index is 12.0. The fourth-order valence-electron chi connectivity index (χ4n) is 2.27. The van der Waals surface area contributed by atoms with Crippen LogP contribution >= 0.6 is 0 Å². The molecule has 0 aromatic heterocycles. The second-order valence-corrected chi connectivity index (χ2v) is 6.63. The van der Waals surface area contributed by atoms with E-state index in [9.17, 15) is 9.59 Å². The van der Waals surface area contributed by atoms with Gasteiger partial charge >= 0.3 is 12.1 Å². The number of hydrogen-bond acceptors (Lipinski definition) is 4. The van der Waals surface area contributed by atoms with Crippen molar-refractivity contribution in [3.8, 4) is 0 Å². The SMILES string of the molecule is COC(=O)C(C)(C)[C@H]1CCN(C(=O)OC(C)(C)C)C1. The quantitative estimate of drug-likeness (QED) is 0.724. The van der Waals surface area contributed by atoms with Gasteiger partial charge in [-0.05, 0) is 47.0 Å². The van der Waals surface area contributed by atoms with Gasteiger partial charge in [0.15, 0.2) is 0 Å². The lowest BCUT2D eigenvalue weighted by Crippen LogP contribution is -2.39. The van der Waals surface area contributed by atoms with E-state index < -0.39 is 11.0 Å². The summed E-state index contributed by atoms with van der Waals surface area (Å²) >= 11 is 0. The summed E-state index contributed by atoms with van der Waals surface area (Å²) < 4.78 is 10.2. The molecule has 5 heteroatoms. The van der Waals surface area contributed by atoms with Crippen LogP contribution in [0.1, 0.15) is 41.0 Å². The van der Waals surface area contributed by atoms with Crippen LogP contribution in [0, 0.1) is 11.3 Å². The molecular weight excluding hydrogens is 246 g/mol. The molecule has 0 bridgehead atoms. The lowest BCUT2D eigenvalue weighted by atomic mass is 9.78. The first kappa shape index (κ1) is 15.8. The smallest absolute Gasteiger partial charge is 0.410 e. The van der Waals surface area contributed by atoms with Gasteiger partial charge in [-0.25, -0.2) is 4.79 Å². The van der Waals surface area contributed by atoms with Crippen LogP contribution in [0.4, 0.5) is 4.79 Å². The summed E-state index contributed by atoms with van der Waals surface area (Å²) in [6.07, 6.45) is 0.483. The third-order valence-electron chi connectivity index (χ3n) is 3.57. The fraction of sp³-hybridized carbons (Fsp3) is 0.857. The first-order valence-corrected chi connectivity index (χ1v) is 6.64. The monoisotopic (exact) mass is 271 g/mol. The highest BCUT2D eigenvalue weighted by Gasteiger charge is 2.43. The Morgan fingerprint density at radius 1 is 1.16 bits per heavy atom. The second-order valence-electron chi connectivity index (χ2n) is 6.63. The van der Waals surface area contributed by atoms with Gasteiger partial charge in [0.25, 0.3) is 0 Å². The molecule has 19 heavy (non-hydrogen) atoms. The standard InChI is InChI=1S/C14H25NO4/c1-13(2,3)19-12(17)15-8-7-10(9-15)14(4,5)11(16)18-6/h10H,7-9H2,1-6H3/t10-/m0/s1. The second kappa shape index (κ2) is 5.39. The van der Waals surface area contributed by atoms with Crippen molar-refractivity contribution in [3.63, 3.8) is 0 Å². The van der Waals surface area contributed by atoms with Gasteiger partial charge in [-0.15, -0.1) is 0 Å². The summed E-state index contributed by atoms with van der Waals surface area (Å²) in [6.45, 7) is 10.4. The highest BCUT2D eigenvalue weighted by atomic mass is 16.6. The van der Waals surface area contributed by atoms with E-state index in [2.05, 4.69) is 0 Å². The Bertz CT molecular complexity index is 357. The molecule has 0 saturated carbocycles. The normalized spacial score (nSPS) is 20.3. The number of amides is 1. The van der Waals surface area contributed by atoms with Gasteiger partial charge in [-0.3, -0.25) is 4.79 Å². The molecule has 110 valence electrons. The lowest BCUT2D eigenvalue weighted by Gasteiger charge is -2.29. The first-order valence-electron chi connectivity index (χ1n) is 6.64. The zero-order valence-electron chi connectivity index (χ0n) is 12.8. The number of likely N-dealkylation sites (tertiary alicyclic amines) is 1. The molecular formula is C14H25NO4. The number of esters is 1. The third-order valence-corrected chi connectivity index (χ3v) is 3.57. The zero-order valence-corrected chi connectivity index (χ0v) is 12.8. The Balaban J connectivity index is 2.64. The first-order chi connectivity index (χ1) is 8.58. The summed E-state index contributed by atoms with van der Waals surface area (Å²) in [4.78, 5) is 25.4. The van der Waals surface area contributed by atoms with Gasteiger partial charge in [-0.1, -0.05) is 0 Å². The predicted molar refractivity (Wildman–Crippen MR) is 71.7 cm³/mol. The molecule has 0 N–H and O–H groups in total. The van der Waals surface area contributed by atoms with E-state index in [1.807, 2.05) is 34.6 Å². The van der Waals surface area contributed by atoms with Crippen molar-refractivity contribution in [1.29, 1.82) is 0 Å². The lowest BCUT2D eigenvalue weighted by molar-refractivity contribution is -0.153. The predicted octanol–water partition coefficient (Wildman–Crippen LogP) is 2.44. The van der Waals surface area contributed by atoms with Crippen molar-refractivity contribution in [1.82, 2.24) is 4.90 Å². The Morgan fingerprint density at radius 2 is 1.74 bits per heavy atom. The van der Waals surface area contributed by atoms with E-state index in [-0.39, 0.29) is 18.0 Å². The van der Waals surface area contributed by atoms with Crippen molar-refractivity contribution in [2.45, 2.75) is 46.6 Å². The molecule has 0 aromatic carbocycles. The molecule has 1 atom stereocenters. The topological polar surface area (TPSA) is 55.8 Å². The number of nitrogens with zero attached hydrogens (tertiary/aromatic N) is 1. The summed E-state index contributed by atoms with van der Waals surface area (Å²) in [5.41, 5.74) is -1.07. The highest BCUT2D eigenvalue weighted by Crippen LogP contribution is 2.35. The molecule has 1 saturated heterocycles. The fourth-order valence-corrected chi connectivity index (χ4v) is 2.27. The van der Waals surface area contributed by atoms with Gasteiger partial charge < -0.3 is 14.4 Å². The molecule has 1 rings (SSSR count). The Morgan fingerprint density at radius 3 is 2.21 bits per heavy atom. The largest absolute Gasteiger partial charge is 0.469 e. The van der Waals surface area contributed by atoms with E-state index in [0.717, 1.165) is 6.42 Å². The minimum Gasteiger partial charge on any atom is -0.469 e. The van der Waals surface area contributed by atoms with Crippen LogP contribution in [0.3, 0.4) is 0 Å². The molecule has 1 aliphatic rings. The minimum atomic E-state index is -0.578. The number of rotatable bonds is 2. The molecule has 1 heterocycles. The molecule has 0 aliphatic carbocycles. The molecule has 1 amide bonds. The summed E-state index contributed by atoms with van der Waals surface area (Å²) in [7, 11) is 1.39. The molecule has 1 aliphatic heterocycles. The van der Waals surface area contributed by atoms with E-state index in [1.54, 1.807) is 4.90 Å². The molecule has 1 fully saturated rings. The van der Waals surface area contributed by atoms with Crippen molar-refractivity contribution in [2.75, 3.05) is 20.2 Å². The molecule has 0 spiro atoms. The van der Waals surface area contributed by atoms with Crippen molar-refractivity contribution in [3.05, 3.63) is 0 Å². The van der Waals surface area contributed by atoms with Gasteiger partial charge in [0.05, 0.1) is 12.5 Å². The Hall–Kier alpha value is -1.26. The average Bonchev–Trinajstić information content (AvgIpc) is 2.75.